The summed E-state index contributed by atoms with van der Waals surface area (Å²) in [5.74, 6) is -0.206. The van der Waals surface area contributed by atoms with Gasteiger partial charge in [0, 0.05) is 5.57 Å². The van der Waals surface area contributed by atoms with Gasteiger partial charge in [-0.05, 0) is 27.7 Å². The van der Waals surface area contributed by atoms with Gasteiger partial charge in [0.15, 0.2) is 0 Å². The Morgan fingerprint density at radius 1 is 1.30 bits per heavy atom. The minimum Gasteiger partial charge on any atom is -0.463 e. The Hall–Kier alpha value is -0.790. The molecule has 0 aromatic rings. The maximum absolute atomic E-state index is 10.9. The number of esters is 1. The Morgan fingerprint density at radius 2 is 1.80 bits per heavy atom. The van der Waals surface area contributed by atoms with Gasteiger partial charge in [-0.2, -0.15) is 0 Å². The van der Waals surface area contributed by atoms with Gasteiger partial charge in [0.1, 0.15) is 0 Å². The molecule has 10 heavy (non-hydrogen) atoms. The van der Waals surface area contributed by atoms with Crippen molar-refractivity contribution < 1.29 is 9.53 Å². The molecule has 0 heterocycles. The van der Waals surface area contributed by atoms with Crippen molar-refractivity contribution in [1.29, 1.82) is 0 Å². The number of rotatable bonds is 2. The van der Waals surface area contributed by atoms with E-state index in [1.165, 1.54) is 0 Å². The first kappa shape index (κ1) is 9.21. The lowest BCUT2D eigenvalue weighted by Gasteiger charge is -2.01. The van der Waals surface area contributed by atoms with E-state index in [9.17, 15) is 4.79 Å². The second kappa shape index (κ2) is 4.09. The van der Waals surface area contributed by atoms with E-state index in [1.54, 1.807) is 13.8 Å². The molecule has 0 aromatic carbocycles. The molecule has 2 heteroatoms. The summed E-state index contributed by atoms with van der Waals surface area (Å²) < 4.78 is 4.77. The molecule has 0 spiro atoms. The molecule has 0 aliphatic carbocycles. The van der Waals surface area contributed by atoms with Crippen LogP contribution in [0.3, 0.4) is 0 Å². The van der Waals surface area contributed by atoms with Crippen molar-refractivity contribution in [2.45, 2.75) is 27.7 Å². The van der Waals surface area contributed by atoms with Crippen LogP contribution >= 0.6 is 0 Å². The summed E-state index contributed by atoms with van der Waals surface area (Å²) in [6.07, 6.45) is 0. The smallest absolute Gasteiger partial charge is 0.333 e. The highest BCUT2D eigenvalue weighted by atomic mass is 16.5. The Labute approximate surface area is 61.9 Å². The van der Waals surface area contributed by atoms with Gasteiger partial charge < -0.3 is 4.74 Å². The summed E-state index contributed by atoms with van der Waals surface area (Å²) in [7, 11) is 0. The molecule has 0 aromatic heterocycles. The van der Waals surface area contributed by atoms with Crippen LogP contribution in [0.1, 0.15) is 27.7 Å². The molecular formula is C8H14O2. The fraction of sp³-hybridized carbons (Fsp3) is 0.625. The fourth-order valence-electron chi connectivity index (χ4n) is 0.443. The first-order chi connectivity index (χ1) is 4.59. The zero-order valence-corrected chi connectivity index (χ0v) is 7.02. The number of hydrogen-bond acceptors (Lipinski definition) is 2. The van der Waals surface area contributed by atoms with Crippen LogP contribution in [-0.2, 0) is 9.53 Å². The largest absolute Gasteiger partial charge is 0.463 e. The number of carbonyl (C=O) groups is 1. The highest BCUT2D eigenvalue weighted by molar-refractivity contribution is 5.88. The van der Waals surface area contributed by atoms with Crippen molar-refractivity contribution in [1.82, 2.24) is 0 Å². The van der Waals surface area contributed by atoms with Crippen molar-refractivity contribution >= 4 is 5.97 Å². The van der Waals surface area contributed by atoms with E-state index in [0.717, 1.165) is 5.57 Å². The van der Waals surface area contributed by atoms with Crippen LogP contribution in [0.25, 0.3) is 0 Å². The first-order valence-electron chi connectivity index (χ1n) is 3.40. The standard InChI is InChI=1S/C8H14O2/c1-5-10-8(9)7(4)6(2)3/h5H2,1-4H3. The molecular weight excluding hydrogens is 128 g/mol. The summed E-state index contributed by atoms with van der Waals surface area (Å²) in [5, 5.41) is 0. The molecule has 0 fully saturated rings. The molecule has 0 saturated carbocycles. The number of hydrogen-bond donors (Lipinski definition) is 0. The third kappa shape index (κ3) is 2.67. The van der Waals surface area contributed by atoms with Gasteiger partial charge in [-0.1, -0.05) is 5.57 Å². The summed E-state index contributed by atoms with van der Waals surface area (Å²) in [5.41, 5.74) is 1.72. The van der Waals surface area contributed by atoms with Crippen LogP contribution < -0.4 is 0 Å². The average molecular weight is 142 g/mol. The highest BCUT2D eigenvalue weighted by Crippen LogP contribution is 2.03. The van der Waals surface area contributed by atoms with Crippen molar-refractivity contribution in [2.24, 2.45) is 0 Å². The van der Waals surface area contributed by atoms with E-state index in [2.05, 4.69) is 0 Å². The third-order valence-electron chi connectivity index (χ3n) is 1.33. The molecule has 0 atom stereocenters. The van der Waals surface area contributed by atoms with Crippen LogP contribution in [0.5, 0.6) is 0 Å². The minimum absolute atomic E-state index is 0.206. The Kier molecular flexibility index (Phi) is 3.77. The third-order valence-corrected chi connectivity index (χ3v) is 1.33. The van der Waals surface area contributed by atoms with Crippen LogP contribution in [0, 0.1) is 0 Å². The normalized spacial score (nSPS) is 8.80. The van der Waals surface area contributed by atoms with E-state index >= 15 is 0 Å². The molecule has 0 aliphatic rings. The Bertz CT molecular complexity index is 153. The second-order valence-corrected chi connectivity index (χ2v) is 2.35. The topological polar surface area (TPSA) is 26.3 Å². The van der Waals surface area contributed by atoms with Crippen LogP contribution in [-0.4, -0.2) is 12.6 Å². The lowest BCUT2D eigenvalue weighted by atomic mass is 10.2. The van der Waals surface area contributed by atoms with E-state index in [0.29, 0.717) is 12.2 Å². The predicted molar refractivity (Wildman–Crippen MR) is 40.7 cm³/mol. The fourth-order valence-corrected chi connectivity index (χ4v) is 0.443. The predicted octanol–water partition coefficient (Wildman–Crippen LogP) is 1.91. The van der Waals surface area contributed by atoms with Crippen molar-refractivity contribution in [3.05, 3.63) is 11.1 Å². The summed E-state index contributed by atoms with van der Waals surface area (Å²) in [4.78, 5) is 10.9. The van der Waals surface area contributed by atoms with E-state index in [-0.39, 0.29) is 5.97 Å². The first-order valence-corrected chi connectivity index (χ1v) is 3.40. The molecule has 58 valence electrons. The van der Waals surface area contributed by atoms with E-state index in [4.69, 9.17) is 4.74 Å². The second-order valence-electron chi connectivity index (χ2n) is 2.35. The maximum atomic E-state index is 10.9. The van der Waals surface area contributed by atoms with Gasteiger partial charge in [0.25, 0.3) is 0 Å². The molecule has 0 amide bonds. The molecule has 0 N–H and O–H groups in total. The van der Waals surface area contributed by atoms with Crippen molar-refractivity contribution in [3.63, 3.8) is 0 Å². The molecule has 0 rings (SSSR count). The van der Waals surface area contributed by atoms with Gasteiger partial charge in [-0.15, -0.1) is 0 Å². The zero-order chi connectivity index (χ0) is 8.15. The van der Waals surface area contributed by atoms with E-state index < -0.39 is 0 Å². The molecule has 0 unspecified atom stereocenters. The Morgan fingerprint density at radius 3 is 2.10 bits per heavy atom. The summed E-state index contributed by atoms with van der Waals surface area (Å²) >= 11 is 0. The zero-order valence-electron chi connectivity index (χ0n) is 7.02. The van der Waals surface area contributed by atoms with Crippen molar-refractivity contribution in [3.8, 4) is 0 Å². The maximum Gasteiger partial charge on any atom is 0.333 e. The van der Waals surface area contributed by atoms with Crippen LogP contribution in [0.2, 0.25) is 0 Å². The van der Waals surface area contributed by atoms with Gasteiger partial charge in [0.2, 0.25) is 0 Å². The summed E-state index contributed by atoms with van der Waals surface area (Å²) in [6.45, 7) is 7.81. The number of ether oxygens (including phenoxy) is 1. The SMILES string of the molecule is CCOC(=O)C(C)=C(C)C. The quantitative estimate of drug-likeness (QED) is 0.435. The highest BCUT2D eigenvalue weighted by Gasteiger charge is 2.04. The molecule has 0 bridgehead atoms. The van der Waals surface area contributed by atoms with Crippen LogP contribution in [0.4, 0.5) is 0 Å². The lowest BCUT2D eigenvalue weighted by molar-refractivity contribution is -0.138. The van der Waals surface area contributed by atoms with Gasteiger partial charge in [-0.25, -0.2) is 4.79 Å². The van der Waals surface area contributed by atoms with Crippen LogP contribution in [0.15, 0.2) is 11.1 Å². The molecule has 0 saturated heterocycles. The molecule has 0 radical (unpaired) electrons. The number of carbonyl (C=O) groups excluding carboxylic acids is 1. The molecule has 2 nitrogen and oxygen atoms in total. The van der Waals surface area contributed by atoms with Gasteiger partial charge in [0.05, 0.1) is 6.61 Å². The van der Waals surface area contributed by atoms with Gasteiger partial charge >= 0.3 is 5.97 Å². The minimum atomic E-state index is -0.206. The van der Waals surface area contributed by atoms with E-state index in [1.807, 2.05) is 13.8 Å². The van der Waals surface area contributed by atoms with Crippen molar-refractivity contribution in [2.75, 3.05) is 6.61 Å². The lowest BCUT2D eigenvalue weighted by Crippen LogP contribution is -2.05. The van der Waals surface area contributed by atoms with Gasteiger partial charge in [-0.3, -0.25) is 0 Å². The average Bonchev–Trinajstić information content (AvgIpc) is 1.87. The molecule has 0 aliphatic heterocycles. The summed E-state index contributed by atoms with van der Waals surface area (Å²) in [6, 6.07) is 0. The Balaban J connectivity index is 4.09. The number of allylic oxidation sites excluding steroid dienone is 1. The monoisotopic (exact) mass is 142 g/mol.